The number of hydrogen-bond donors (Lipinski definition) is 2. The van der Waals surface area contributed by atoms with Crippen LogP contribution in [0.15, 0.2) is 77.9 Å². The molecule has 260 valence electrons. The van der Waals surface area contributed by atoms with Crippen molar-refractivity contribution in [3.05, 3.63) is 99.4 Å². The maximum absolute atomic E-state index is 14.2. The van der Waals surface area contributed by atoms with Gasteiger partial charge in [-0.25, -0.2) is 9.98 Å². The molecule has 5 heterocycles. The van der Waals surface area contributed by atoms with Crippen LogP contribution in [0.1, 0.15) is 79.9 Å². The van der Waals surface area contributed by atoms with Crippen LogP contribution in [0, 0.1) is 18.3 Å². The molecule has 3 aliphatic heterocycles. The van der Waals surface area contributed by atoms with Gasteiger partial charge in [-0.05, 0) is 112 Å². The lowest BCUT2D eigenvalue weighted by atomic mass is 9.50. The third-order valence-corrected chi connectivity index (χ3v) is 12.5. The summed E-state index contributed by atoms with van der Waals surface area (Å²) in [5, 5.41) is 6.28. The Kier molecular flexibility index (Phi) is 7.62. The summed E-state index contributed by atoms with van der Waals surface area (Å²) in [6.07, 6.45) is 7.14. The predicted octanol–water partition coefficient (Wildman–Crippen LogP) is 6.77. The number of aliphatic imine (C=N–C) groups is 1. The third kappa shape index (κ3) is 5.63. The number of nitrogens with zero attached hydrogens (tertiary/aromatic N) is 4. The van der Waals surface area contributed by atoms with Crippen molar-refractivity contribution in [2.45, 2.75) is 57.5 Å². The van der Waals surface area contributed by atoms with E-state index in [4.69, 9.17) is 9.73 Å². The number of benzene rings is 2. The first-order valence-corrected chi connectivity index (χ1v) is 18.6. The first kappa shape index (κ1) is 32.1. The van der Waals surface area contributed by atoms with Crippen LogP contribution in [-0.2, 0) is 4.74 Å². The second kappa shape index (κ2) is 12.1. The molecule has 1 atom stereocenters. The van der Waals surface area contributed by atoms with Gasteiger partial charge in [0, 0.05) is 54.7 Å². The van der Waals surface area contributed by atoms with Crippen LogP contribution in [0.3, 0.4) is 0 Å². The Labute approximate surface area is 300 Å². The van der Waals surface area contributed by atoms with Crippen LogP contribution < -0.4 is 20.4 Å². The van der Waals surface area contributed by atoms with Crippen LogP contribution >= 0.6 is 11.3 Å². The number of carbonyl (C=O) groups excluding carboxylic acids is 3. The molecule has 11 heteroatoms. The normalized spacial score (nSPS) is 24.0. The number of anilines is 3. The van der Waals surface area contributed by atoms with Crippen molar-refractivity contribution in [1.82, 2.24) is 10.3 Å². The largest absolute Gasteiger partial charge is 0.381 e. The summed E-state index contributed by atoms with van der Waals surface area (Å²) in [4.78, 5) is 56.1. The van der Waals surface area contributed by atoms with Crippen LogP contribution in [-0.4, -0.2) is 66.3 Å². The minimum atomic E-state index is -0.382. The SMILES string of the molecule is Cc1cnc(N2CC3(CCOCC3)C2)c(C(=O)Nc2ccc(C(=O)N3c4ccccc4N=C(c4ccc(C(=O)NC56CC(C5)C6)s4)[C@H]3C)cc2)c1. The molecule has 3 aliphatic carbocycles. The summed E-state index contributed by atoms with van der Waals surface area (Å²) in [6, 6.07) is 19.9. The molecular formula is C40H40N6O4S. The predicted molar refractivity (Wildman–Crippen MR) is 199 cm³/mol. The van der Waals surface area contributed by atoms with Gasteiger partial charge in [0.2, 0.25) is 0 Å². The Balaban J connectivity index is 0.914. The zero-order chi connectivity index (χ0) is 34.9. The average molecular weight is 701 g/mol. The number of ether oxygens (including phenoxy) is 1. The molecule has 1 spiro atoms. The van der Waals surface area contributed by atoms with Crippen molar-refractivity contribution in [2.24, 2.45) is 16.3 Å². The molecule has 3 saturated carbocycles. The minimum Gasteiger partial charge on any atom is -0.381 e. The van der Waals surface area contributed by atoms with E-state index in [0.29, 0.717) is 33.2 Å². The van der Waals surface area contributed by atoms with Gasteiger partial charge in [-0.1, -0.05) is 12.1 Å². The zero-order valence-electron chi connectivity index (χ0n) is 28.8. The number of hydrogen-bond acceptors (Lipinski definition) is 8. The highest BCUT2D eigenvalue weighted by molar-refractivity contribution is 7.16. The monoisotopic (exact) mass is 700 g/mol. The van der Waals surface area contributed by atoms with Crippen LogP contribution in [0.5, 0.6) is 0 Å². The molecule has 2 bridgehead atoms. The molecule has 0 unspecified atom stereocenters. The number of thiophene rings is 1. The van der Waals surface area contributed by atoms with Crippen molar-refractivity contribution >= 4 is 57.7 Å². The van der Waals surface area contributed by atoms with E-state index in [1.807, 2.05) is 62.5 Å². The summed E-state index contributed by atoms with van der Waals surface area (Å²) >= 11 is 1.41. The van der Waals surface area contributed by atoms with Gasteiger partial charge in [0.05, 0.1) is 38.4 Å². The average Bonchev–Trinajstić information content (AvgIpc) is 3.59. The van der Waals surface area contributed by atoms with Crippen LogP contribution in [0.2, 0.25) is 0 Å². The van der Waals surface area contributed by atoms with Crippen LogP contribution in [0.4, 0.5) is 22.9 Å². The molecule has 10 rings (SSSR count). The lowest BCUT2D eigenvalue weighted by Gasteiger charge is -2.61. The number of para-hydroxylation sites is 2. The Hall–Kier alpha value is -4.87. The summed E-state index contributed by atoms with van der Waals surface area (Å²) in [6.45, 7) is 7.23. The standard InChI is InChI=1S/C40H40N6O4S/c1-24-17-29(35(41-21-24)45-22-39(23-45)13-15-50-16-14-39)36(47)42-28-9-7-27(8-10-28)38(49)46-25(2)34(43-30-5-3-4-6-31(30)46)32-11-12-33(51-32)37(48)44-40-18-26(19-40)20-40/h3-12,17,21,25-26H,13-16,18-20,22-23H2,1-2H3,(H,42,47)(H,44,48)/t25-,26?,40?/m1/s1. The van der Waals surface area contributed by atoms with Gasteiger partial charge in [0.15, 0.2) is 0 Å². The Morgan fingerprint density at radius 3 is 2.41 bits per heavy atom. The molecule has 2 N–H and O–H groups in total. The summed E-state index contributed by atoms with van der Waals surface area (Å²) in [5.74, 6) is 1.03. The number of aromatic nitrogens is 1. The van der Waals surface area contributed by atoms with Crippen molar-refractivity contribution in [3.8, 4) is 0 Å². The number of aryl methyl sites for hydroxylation is 1. The summed E-state index contributed by atoms with van der Waals surface area (Å²) < 4.78 is 5.57. The van der Waals surface area contributed by atoms with E-state index < -0.39 is 0 Å². The first-order valence-electron chi connectivity index (χ1n) is 17.8. The van der Waals surface area contributed by atoms with E-state index in [1.165, 1.54) is 11.3 Å². The lowest BCUT2D eigenvalue weighted by molar-refractivity contribution is -0.0437. The van der Waals surface area contributed by atoms with Gasteiger partial charge < -0.3 is 20.3 Å². The Morgan fingerprint density at radius 1 is 0.941 bits per heavy atom. The zero-order valence-corrected chi connectivity index (χ0v) is 29.6. The highest BCUT2D eigenvalue weighted by Gasteiger charge is 2.57. The molecule has 6 aliphatic rings. The summed E-state index contributed by atoms with van der Waals surface area (Å²) in [5.41, 5.74) is 4.95. The molecule has 2 aromatic heterocycles. The third-order valence-electron chi connectivity index (χ3n) is 11.4. The highest BCUT2D eigenvalue weighted by atomic mass is 32.1. The minimum absolute atomic E-state index is 0.00557. The van der Waals surface area contributed by atoms with E-state index in [0.717, 1.165) is 86.2 Å². The van der Waals surface area contributed by atoms with Crippen molar-refractivity contribution < 1.29 is 19.1 Å². The second-order valence-electron chi connectivity index (χ2n) is 15.1. The fourth-order valence-electron chi connectivity index (χ4n) is 8.44. The van der Waals surface area contributed by atoms with E-state index in [9.17, 15) is 14.4 Å². The number of amides is 3. The van der Waals surface area contributed by atoms with Gasteiger partial charge in [0.25, 0.3) is 17.7 Å². The molecule has 10 nitrogen and oxygen atoms in total. The molecule has 0 radical (unpaired) electrons. The van der Waals surface area contributed by atoms with Crippen molar-refractivity contribution in [2.75, 3.05) is 41.4 Å². The lowest BCUT2D eigenvalue weighted by Crippen LogP contribution is -2.68. The van der Waals surface area contributed by atoms with Crippen LogP contribution in [0.25, 0.3) is 0 Å². The fourth-order valence-corrected chi connectivity index (χ4v) is 9.42. The molecule has 2 aromatic carbocycles. The number of fused-ring (bicyclic) bond motifs is 1. The summed E-state index contributed by atoms with van der Waals surface area (Å²) in [7, 11) is 0. The number of rotatable bonds is 7. The second-order valence-corrected chi connectivity index (χ2v) is 16.2. The van der Waals surface area contributed by atoms with Crippen molar-refractivity contribution in [3.63, 3.8) is 0 Å². The molecule has 4 aromatic rings. The smallest absolute Gasteiger partial charge is 0.261 e. The highest BCUT2D eigenvalue weighted by Crippen LogP contribution is 2.57. The van der Waals surface area contributed by atoms with Gasteiger partial charge in [-0.2, -0.15) is 0 Å². The molecule has 51 heavy (non-hydrogen) atoms. The quantitative estimate of drug-likeness (QED) is 0.220. The fraction of sp³-hybridized carbons (Fsp3) is 0.375. The molecule has 5 fully saturated rings. The molecule has 2 saturated heterocycles. The topological polar surface area (TPSA) is 116 Å². The van der Waals surface area contributed by atoms with E-state index in [-0.39, 0.29) is 34.7 Å². The maximum Gasteiger partial charge on any atom is 0.261 e. The number of carbonyl (C=O) groups is 3. The van der Waals surface area contributed by atoms with Gasteiger partial charge in [-0.3, -0.25) is 19.3 Å². The van der Waals surface area contributed by atoms with Crippen molar-refractivity contribution in [1.29, 1.82) is 0 Å². The number of pyridine rings is 1. The van der Waals surface area contributed by atoms with Gasteiger partial charge in [-0.15, -0.1) is 11.3 Å². The van der Waals surface area contributed by atoms with E-state index >= 15 is 0 Å². The molecule has 3 amide bonds. The Morgan fingerprint density at radius 2 is 1.69 bits per heavy atom. The Bertz CT molecular complexity index is 2080. The molecular weight excluding hydrogens is 661 g/mol. The van der Waals surface area contributed by atoms with Gasteiger partial charge in [0.1, 0.15) is 5.82 Å². The van der Waals surface area contributed by atoms with E-state index in [1.54, 1.807) is 29.2 Å². The van der Waals surface area contributed by atoms with E-state index in [2.05, 4.69) is 20.5 Å². The maximum atomic E-state index is 14.2. The first-order chi connectivity index (χ1) is 24.7. The van der Waals surface area contributed by atoms with Gasteiger partial charge >= 0.3 is 0 Å². The number of nitrogens with one attached hydrogen (secondary N) is 2.